The van der Waals surface area contributed by atoms with Crippen LogP contribution in [0.1, 0.15) is 11.1 Å². The van der Waals surface area contributed by atoms with E-state index in [1.54, 1.807) is 11.3 Å². The van der Waals surface area contributed by atoms with E-state index in [9.17, 15) is 5.11 Å². The van der Waals surface area contributed by atoms with Gasteiger partial charge in [0, 0.05) is 17.5 Å². The normalized spacial score (nSPS) is 18.4. The second kappa shape index (κ2) is 5.17. The van der Waals surface area contributed by atoms with Crippen LogP contribution in [0.25, 0.3) is 10.1 Å². The Kier molecular flexibility index (Phi) is 3.17. The lowest BCUT2D eigenvalue weighted by molar-refractivity contribution is 0.0505. The van der Waals surface area contributed by atoms with E-state index in [1.165, 1.54) is 21.2 Å². The number of benzene rings is 2. The lowest BCUT2D eigenvalue weighted by Crippen LogP contribution is -2.31. The molecule has 106 valence electrons. The van der Waals surface area contributed by atoms with E-state index >= 15 is 0 Å². The number of para-hydroxylation sites is 1. The molecule has 0 saturated carbocycles. The molecule has 2 nitrogen and oxygen atoms in total. The molecule has 3 aromatic rings. The van der Waals surface area contributed by atoms with Crippen molar-refractivity contribution in [2.45, 2.75) is 25.0 Å². The molecule has 2 unspecified atom stereocenters. The Hall–Kier alpha value is -1.84. The van der Waals surface area contributed by atoms with Gasteiger partial charge in [-0.2, -0.15) is 0 Å². The predicted molar refractivity (Wildman–Crippen MR) is 86.1 cm³/mol. The zero-order valence-corrected chi connectivity index (χ0v) is 12.3. The Labute approximate surface area is 127 Å². The number of hydrogen-bond donors (Lipinski definition) is 1. The quantitative estimate of drug-likeness (QED) is 0.796. The van der Waals surface area contributed by atoms with Crippen molar-refractivity contribution in [2.75, 3.05) is 0 Å². The van der Waals surface area contributed by atoms with Crippen LogP contribution in [0.4, 0.5) is 0 Å². The van der Waals surface area contributed by atoms with Gasteiger partial charge in [0.25, 0.3) is 0 Å². The van der Waals surface area contributed by atoms with E-state index in [-0.39, 0.29) is 6.10 Å². The van der Waals surface area contributed by atoms with Crippen LogP contribution in [0.2, 0.25) is 0 Å². The lowest BCUT2D eigenvalue weighted by Gasteiger charge is -2.17. The second-order valence-corrected chi connectivity index (χ2v) is 6.41. The van der Waals surface area contributed by atoms with Crippen LogP contribution in [0.5, 0.6) is 5.75 Å². The molecule has 1 aliphatic rings. The van der Waals surface area contributed by atoms with Crippen molar-refractivity contribution >= 4 is 21.4 Å². The first-order valence-electron chi connectivity index (χ1n) is 7.19. The second-order valence-electron chi connectivity index (χ2n) is 5.50. The van der Waals surface area contributed by atoms with Gasteiger partial charge in [-0.15, -0.1) is 11.3 Å². The number of ether oxygens (including phenoxy) is 1. The van der Waals surface area contributed by atoms with Crippen LogP contribution in [-0.2, 0) is 12.8 Å². The summed E-state index contributed by atoms with van der Waals surface area (Å²) in [6.07, 6.45) is 0.818. The maximum Gasteiger partial charge on any atom is 0.129 e. The minimum absolute atomic E-state index is 0.138. The van der Waals surface area contributed by atoms with Gasteiger partial charge >= 0.3 is 0 Å². The SMILES string of the molecule is OC(Cc1csc2ccccc12)C1Cc2ccccc2O1. The molecule has 0 spiro atoms. The predicted octanol–water partition coefficient (Wildman–Crippen LogP) is 3.81. The first-order chi connectivity index (χ1) is 10.3. The first-order valence-corrected chi connectivity index (χ1v) is 8.07. The van der Waals surface area contributed by atoms with E-state index in [4.69, 9.17) is 4.74 Å². The Bertz CT molecular complexity index is 752. The summed E-state index contributed by atoms with van der Waals surface area (Å²) in [6.45, 7) is 0. The van der Waals surface area contributed by atoms with Gasteiger partial charge in [-0.1, -0.05) is 36.4 Å². The van der Waals surface area contributed by atoms with Crippen LogP contribution >= 0.6 is 11.3 Å². The Morgan fingerprint density at radius 3 is 2.86 bits per heavy atom. The zero-order valence-electron chi connectivity index (χ0n) is 11.5. The summed E-state index contributed by atoms with van der Waals surface area (Å²) in [5.74, 6) is 0.914. The minimum Gasteiger partial charge on any atom is -0.487 e. The average molecular weight is 296 g/mol. The highest BCUT2D eigenvalue weighted by atomic mass is 32.1. The topological polar surface area (TPSA) is 29.5 Å². The number of rotatable bonds is 3. The average Bonchev–Trinajstić information content (AvgIpc) is 3.11. The summed E-state index contributed by atoms with van der Waals surface area (Å²) >= 11 is 1.73. The van der Waals surface area contributed by atoms with E-state index in [0.29, 0.717) is 6.42 Å². The van der Waals surface area contributed by atoms with Crippen molar-refractivity contribution in [3.8, 4) is 5.75 Å². The van der Waals surface area contributed by atoms with Gasteiger partial charge < -0.3 is 9.84 Å². The number of fused-ring (bicyclic) bond motifs is 2. The van der Waals surface area contributed by atoms with Crippen molar-refractivity contribution < 1.29 is 9.84 Å². The summed E-state index contributed by atoms with van der Waals surface area (Å²) in [4.78, 5) is 0. The molecule has 1 N–H and O–H groups in total. The van der Waals surface area contributed by atoms with E-state index in [0.717, 1.165) is 12.2 Å². The molecule has 0 fully saturated rings. The molecule has 3 heteroatoms. The van der Waals surface area contributed by atoms with Crippen molar-refractivity contribution in [1.82, 2.24) is 0 Å². The highest BCUT2D eigenvalue weighted by Gasteiger charge is 2.29. The first kappa shape index (κ1) is 12.9. The molecule has 2 heterocycles. The number of aliphatic hydroxyl groups is 1. The Balaban J connectivity index is 1.53. The van der Waals surface area contributed by atoms with Gasteiger partial charge in [0.1, 0.15) is 11.9 Å². The van der Waals surface area contributed by atoms with Crippen molar-refractivity contribution in [3.05, 3.63) is 65.0 Å². The maximum atomic E-state index is 10.5. The molecule has 0 aliphatic carbocycles. The Morgan fingerprint density at radius 1 is 1.14 bits per heavy atom. The zero-order chi connectivity index (χ0) is 14.2. The summed E-state index contributed by atoms with van der Waals surface area (Å²) in [5.41, 5.74) is 2.40. The fraction of sp³-hybridized carbons (Fsp3) is 0.222. The summed E-state index contributed by atoms with van der Waals surface area (Å²) in [6, 6.07) is 16.4. The molecule has 2 atom stereocenters. The molecular weight excluding hydrogens is 280 g/mol. The molecule has 4 rings (SSSR count). The van der Waals surface area contributed by atoms with Crippen LogP contribution in [0.15, 0.2) is 53.9 Å². The van der Waals surface area contributed by atoms with Crippen LogP contribution in [0, 0.1) is 0 Å². The molecule has 1 aliphatic heterocycles. The van der Waals surface area contributed by atoms with E-state index in [1.807, 2.05) is 24.3 Å². The summed E-state index contributed by atoms with van der Waals surface area (Å²) < 4.78 is 7.16. The number of thiophene rings is 1. The number of hydrogen-bond acceptors (Lipinski definition) is 3. The third-order valence-corrected chi connectivity index (χ3v) is 5.10. The van der Waals surface area contributed by atoms with Gasteiger partial charge in [0.05, 0.1) is 6.10 Å². The molecule has 1 aromatic heterocycles. The van der Waals surface area contributed by atoms with E-state index in [2.05, 4.69) is 29.6 Å². The summed E-state index contributed by atoms with van der Waals surface area (Å²) in [5, 5.41) is 13.9. The molecular formula is C18H16O2S. The lowest BCUT2D eigenvalue weighted by atomic mass is 10.00. The third-order valence-electron chi connectivity index (χ3n) is 4.09. The molecule has 0 bridgehead atoms. The van der Waals surface area contributed by atoms with Gasteiger partial charge in [-0.3, -0.25) is 0 Å². The fourth-order valence-corrected chi connectivity index (χ4v) is 3.95. The maximum absolute atomic E-state index is 10.5. The summed E-state index contributed by atoms with van der Waals surface area (Å²) in [7, 11) is 0. The van der Waals surface area contributed by atoms with Gasteiger partial charge in [0.15, 0.2) is 0 Å². The molecule has 2 aromatic carbocycles. The largest absolute Gasteiger partial charge is 0.487 e. The van der Waals surface area contributed by atoms with E-state index < -0.39 is 6.10 Å². The highest BCUT2D eigenvalue weighted by Crippen LogP contribution is 2.32. The van der Waals surface area contributed by atoms with Crippen molar-refractivity contribution in [3.63, 3.8) is 0 Å². The van der Waals surface area contributed by atoms with Gasteiger partial charge in [0.2, 0.25) is 0 Å². The van der Waals surface area contributed by atoms with Crippen LogP contribution in [0.3, 0.4) is 0 Å². The monoisotopic (exact) mass is 296 g/mol. The standard InChI is InChI=1S/C18H16O2S/c19-15(17-10-12-5-1-3-7-16(12)20-17)9-13-11-21-18-8-4-2-6-14(13)18/h1-8,11,15,17,19H,9-10H2. The van der Waals surface area contributed by atoms with Gasteiger partial charge in [-0.05, 0) is 34.0 Å². The highest BCUT2D eigenvalue weighted by molar-refractivity contribution is 7.17. The van der Waals surface area contributed by atoms with Crippen LogP contribution in [-0.4, -0.2) is 17.3 Å². The minimum atomic E-state index is -0.476. The third kappa shape index (κ3) is 2.33. The molecule has 0 saturated heterocycles. The Morgan fingerprint density at radius 2 is 1.95 bits per heavy atom. The van der Waals surface area contributed by atoms with Crippen molar-refractivity contribution in [2.24, 2.45) is 0 Å². The number of aliphatic hydroxyl groups excluding tert-OH is 1. The van der Waals surface area contributed by atoms with Crippen molar-refractivity contribution in [1.29, 1.82) is 0 Å². The smallest absolute Gasteiger partial charge is 0.129 e. The molecule has 0 amide bonds. The molecule has 0 radical (unpaired) electrons. The van der Waals surface area contributed by atoms with Gasteiger partial charge in [-0.25, -0.2) is 0 Å². The fourth-order valence-electron chi connectivity index (χ4n) is 2.97. The van der Waals surface area contributed by atoms with Crippen LogP contribution < -0.4 is 4.74 Å². The molecule has 21 heavy (non-hydrogen) atoms.